The minimum Gasteiger partial charge on any atom is -0.377 e. The molecule has 0 fully saturated rings. The van der Waals surface area contributed by atoms with Gasteiger partial charge in [-0.25, -0.2) is 0 Å². The third-order valence-corrected chi connectivity index (χ3v) is 6.62. The number of hydrogen-bond acceptors (Lipinski definition) is 6. The Kier molecular flexibility index (Phi) is 22.8. The standard InChI is InChI=1S/C20H45NO5P2/c1-5-22-19(23-6-2)16-27-14-9-10-18(26-13-12-21)11-15-28-17-20(24-7-3)25-8-4/h18-20,27-28H,5-17,21H2,1-4H3. The smallest absolute Gasteiger partial charge is 0.161 e. The fourth-order valence-corrected chi connectivity index (χ4v) is 5.11. The van der Waals surface area contributed by atoms with Gasteiger partial charge in [-0.05, 0) is 59.3 Å². The van der Waals surface area contributed by atoms with E-state index in [1.54, 1.807) is 0 Å². The molecule has 0 aliphatic rings. The normalized spacial score (nSPS) is 13.8. The first-order valence-electron chi connectivity index (χ1n) is 10.9. The fraction of sp³-hybridized carbons (Fsp3) is 1.00. The van der Waals surface area contributed by atoms with Gasteiger partial charge in [-0.15, -0.1) is 17.2 Å². The van der Waals surface area contributed by atoms with Gasteiger partial charge >= 0.3 is 0 Å². The van der Waals surface area contributed by atoms with E-state index in [0.29, 0.717) is 45.7 Å². The van der Waals surface area contributed by atoms with Crippen LogP contribution < -0.4 is 5.73 Å². The second-order valence-electron chi connectivity index (χ2n) is 6.30. The second-order valence-corrected chi connectivity index (χ2v) is 9.12. The monoisotopic (exact) mass is 441 g/mol. The van der Waals surface area contributed by atoms with Gasteiger partial charge in [0.1, 0.15) is 0 Å². The van der Waals surface area contributed by atoms with E-state index in [1.807, 2.05) is 27.7 Å². The Labute approximate surface area is 176 Å². The lowest BCUT2D eigenvalue weighted by molar-refractivity contribution is -0.120. The SMILES string of the molecule is CCOC(CPCCCC(CCPCC(OCC)OCC)OCCN)OCC. The lowest BCUT2D eigenvalue weighted by atomic mass is 10.1. The molecule has 0 aliphatic carbocycles. The highest BCUT2D eigenvalue weighted by Gasteiger charge is 2.12. The third-order valence-electron chi connectivity index (χ3n) is 4.03. The van der Waals surface area contributed by atoms with Gasteiger partial charge in [-0.2, -0.15) is 0 Å². The highest BCUT2D eigenvalue weighted by atomic mass is 31.1. The van der Waals surface area contributed by atoms with E-state index in [-0.39, 0.29) is 12.6 Å². The van der Waals surface area contributed by atoms with E-state index >= 15 is 0 Å². The van der Waals surface area contributed by atoms with Gasteiger partial charge in [0.05, 0.1) is 12.7 Å². The molecule has 0 heterocycles. The van der Waals surface area contributed by atoms with Crippen LogP contribution in [0.5, 0.6) is 0 Å². The van der Waals surface area contributed by atoms with Crippen molar-refractivity contribution >= 4 is 17.2 Å². The summed E-state index contributed by atoms with van der Waals surface area (Å²) in [5.41, 5.74) is 5.62. The summed E-state index contributed by atoms with van der Waals surface area (Å²) in [6.45, 7) is 12.1. The van der Waals surface area contributed by atoms with Crippen LogP contribution in [-0.4, -0.2) is 82.9 Å². The van der Waals surface area contributed by atoms with Crippen LogP contribution in [0.2, 0.25) is 0 Å². The Morgan fingerprint density at radius 3 is 1.64 bits per heavy atom. The molecule has 0 saturated carbocycles. The van der Waals surface area contributed by atoms with Crippen LogP contribution in [0.1, 0.15) is 47.0 Å². The third kappa shape index (κ3) is 17.5. The summed E-state index contributed by atoms with van der Waals surface area (Å²) >= 11 is 0. The molecule has 0 spiro atoms. The van der Waals surface area contributed by atoms with Crippen LogP contribution in [-0.2, 0) is 23.7 Å². The van der Waals surface area contributed by atoms with Gasteiger partial charge in [0, 0.05) is 45.3 Å². The molecule has 6 nitrogen and oxygen atoms in total. The van der Waals surface area contributed by atoms with Crippen molar-refractivity contribution in [2.24, 2.45) is 5.73 Å². The summed E-state index contributed by atoms with van der Waals surface area (Å²) in [6, 6.07) is 0. The molecule has 0 saturated heterocycles. The molecule has 2 N–H and O–H groups in total. The van der Waals surface area contributed by atoms with Gasteiger partial charge in [0.25, 0.3) is 0 Å². The van der Waals surface area contributed by atoms with Gasteiger partial charge in [-0.3, -0.25) is 0 Å². The van der Waals surface area contributed by atoms with Gasteiger partial charge in [-0.1, -0.05) is 0 Å². The molecular formula is C20H45NO5P2. The molecule has 0 rings (SSSR count). The Morgan fingerprint density at radius 2 is 1.18 bits per heavy atom. The minimum atomic E-state index is -0.0541. The second kappa shape index (κ2) is 22.3. The molecule has 3 unspecified atom stereocenters. The van der Waals surface area contributed by atoms with Crippen molar-refractivity contribution < 1.29 is 23.7 Å². The molecule has 170 valence electrons. The number of nitrogens with two attached hydrogens (primary N) is 1. The molecule has 0 aliphatic heterocycles. The van der Waals surface area contributed by atoms with Crippen molar-refractivity contribution in [2.75, 3.05) is 64.2 Å². The van der Waals surface area contributed by atoms with E-state index in [4.69, 9.17) is 29.4 Å². The van der Waals surface area contributed by atoms with Gasteiger partial charge < -0.3 is 29.4 Å². The van der Waals surface area contributed by atoms with Crippen LogP contribution in [0.4, 0.5) is 0 Å². The first kappa shape index (κ1) is 28.6. The molecule has 0 aromatic carbocycles. The molecule has 8 heteroatoms. The highest BCUT2D eigenvalue weighted by Crippen LogP contribution is 2.22. The Hall–Kier alpha value is 0.620. The van der Waals surface area contributed by atoms with Crippen LogP contribution in [0, 0.1) is 0 Å². The average Bonchev–Trinajstić information content (AvgIpc) is 2.68. The maximum Gasteiger partial charge on any atom is 0.161 e. The molecule has 0 aromatic rings. The lowest BCUT2D eigenvalue weighted by Gasteiger charge is -2.20. The maximum atomic E-state index is 5.97. The zero-order chi connectivity index (χ0) is 20.9. The van der Waals surface area contributed by atoms with Crippen LogP contribution in [0.15, 0.2) is 0 Å². The Balaban J connectivity index is 3.99. The maximum absolute atomic E-state index is 5.97. The molecule has 0 aromatic heterocycles. The zero-order valence-electron chi connectivity index (χ0n) is 18.5. The van der Waals surface area contributed by atoms with Crippen molar-refractivity contribution in [2.45, 2.75) is 65.6 Å². The fourth-order valence-electron chi connectivity index (χ4n) is 2.78. The minimum absolute atomic E-state index is 0.0394. The lowest BCUT2D eigenvalue weighted by Crippen LogP contribution is -2.21. The summed E-state index contributed by atoms with van der Waals surface area (Å²) < 4.78 is 28.4. The molecule has 0 radical (unpaired) electrons. The van der Waals surface area contributed by atoms with Crippen molar-refractivity contribution in [3.8, 4) is 0 Å². The summed E-state index contributed by atoms with van der Waals surface area (Å²) in [5.74, 6) is 0. The molecule has 3 atom stereocenters. The van der Waals surface area contributed by atoms with E-state index in [1.165, 1.54) is 12.6 Å². The number of rotatable bonds is 22. The summed E-state index contributed by atoms with van der Waals surface area (Å²) in [4.78, 5) is 0. The van der Waals surface area contributed by atoms with Gasteiger partial charge in [0.15, 0.2) is 12.6 Å². The van der Waals surface area contributed by atoms with Crippen molar-refractivity contribution in [1.82, 2.24) is 0 Å². The van der Waals surface area contributed by atoms with Crippen molar-refractivity contribution in [1.29, 1.82) is 0 Å². The number of hydrogen-bond donors (Lipinski definition) is 1. The van der Waals surface area contributed by atoms with Crippen LogP contribution in [0.3, 0.4) is 0 Å². The highest BCUT2D eigenvalue weighted by molar-refractivity contribution is 7.38. The average molecular weight is 442 g/mol. The summed E-state index contributed by atoms with van der Waals surface area (Å²) in [7, 11) is 1.71. The zero-order valence-corrected chi connectivity index (χ0v) is 20.5. The predicted molar refractivity (Wildman–Crippen MR) is 123 cm³/mol. The first-order chi connectivity index (χ1) is 13.7. The van der Waals surface area contributed by atoms with E-state index in [0.717, 1.165) is 48.5 Å². The van der Waals surface area contributed by atoms with Crippen LogP contribution in [0.25, 0.3) is 0 Å². The quantitative estimate of drug-likeness (QED) is 0.157. The topological polar surface area (TPSA) is 72.2 Å². The summed E-state index contributed by atoms with van der Waals surface area (Å²) in [6.07, 6.45) is 7.93. The van der Waals surface area contributed by atoms with E-state index < -0.39 is 0 Å². The number of ether oxygens (including phenoxy) is 5. The van der Waals surface area contributed by atoms with Gasteiger partial charge in [0.2, 0.25) is 0 Å². The molecule has 28 heavy (non-hydrogen) atoms. The van der Waals surface area contributed by atoms with Crippen molar-refractivity contribution in [3.05, 3.63) is 0 Å². The van der Waals surface area contributed by atoms with Crippen LogP contribution >= 0.6 is 17.2 Å². The van der Waals surface area contributed by atoms with Crippen molar-refractivity contribution in [3.63, 3.8) is 0 Å². The molecule has 0 bridgehead atoms. The Bertz CT molecular complexity index is 304. The Morgan fingerprint density at radius 1 is 0.679 bits per heavy atom. The first-order valence-corrected chi connectivity index (χ1v) is 13.7. The largest absolute Gasteiger partial charge is 0.377 e. The van der Waals surface area contributed by atoms with E-state index in [9.17, 15) is 0 Å². The van der Waals surface area contributed by atoms with E-state index in [2.05, 4.69) is 0 Å². The predicted octanol–water partition coefficient (Wildman–Crippen LogP) is 3.66. The summed E-state index contributed by atoms with van der Waals surface area (Å²) in [5, 5.41) is 0. The molecule has 0 amide bonds. The molecular weight excluding hydrogens is 396 g/mol.